The van der Waals surface area contributed by atoms with Crippen molar-refractivity contribution < 1.29 is 9.18 Å². The number of fused-ring (bicyclic) bond motifs is 1. The number of nitrogens with zero attached hydrogens (tertiary/aromatic N) is 1. The number of thiazole rings is 1. The molecule has 28 heavy (non-hydrogen) atoms. The summed E-state index contributed by atoms with van der Waals surface area (Å²) >= 11 is 6.78. The molecule has 0 atom stereocenters. The van der Waals surface area contributed by atoms with Crippen LogP contribution in [0.5, 0.6) is 0 Å². The Morgan fingerprint density at radius 3 is 2.43 bits per heavy atom. The fraction of sp³-hybridized carbons (Fsp3) is 0. The van der Waals surface area contributed by atoms with Crippen LogP contribution in [-0.4, -0.2) is 16.0 Å². The van der Waals surface area contributed by atoms with E-state index in [9.17, 15) is 9.18 Å². The number of halogens is 1. The first kappa shape index (κ1) is 18.2. The summed E-state index contributed by atoms with van der Waals surface area (Å²) in [4.78, 5) is 16.7. The Balaban J connectivity index is 1.43. The topological polar surface area (TPSA) is 54.0 Å². The van der Waals surface area contributed by atoms with Crippen LogP contribution >= 0.6 is 23.6 Å². The minimum absolute atomic E-state index is 0.0576. The molecule has 0 saturated heterocycles. The second-order valence-corrected chi connectivity index (χ2v) is 7.39. The zero-order valence-electron chi connectivity index (χ0n) is 14.5. The van der Waals surface area contributed by atoms with Crippen LogP contribution in [0.2, 0.25) is 0 Å². The first-order valence-corrected chi connectivity index (χ1v) is 9.65. The summed E-state index contributed by atoms with van der Waals surface area (Å²) in [7, 11) is 0. The highest BCUT2D eigenvalue weighted by Crippen LogP contribution is 2.30. The average Bonchev–Trinajstić information content (AvgIpc) is 3.13. The van der Waals surface area contributed by atoms with Crippen molar-refractivity contribution >= 4 is 50.5 Å². The number of anilines is 1. The quantitative estimate of drug-likeness (QED) is 0.457. The molecule has 0 spiro atoms. The SMILES string of the molecule is O=C(NC(=S)Nc1ccc(-c2nc3ccccc3s2)cc1)c1ccccc1F. The molecule has 0 saturated carbocycles. The van der Waals surface area contributed by atoms with Gasteiger partial charge in [-0.3, -0.25) is 10.1 Å². The molecular formula is C21H14FN3OS2. The summed E-state index contributed by atoms with van der Waals surface area (Å²) in [5, 5.41) is 6.44. The first-order valence-electron chi connectivity index (χ1n) is 8.43. The summed E-state index contributed by atoms with van der Waals surface area (Å²) in [6.07, 6.45) is 0. The standard InChI is InChI=1S/C21H14FN3OS2/c22-16-6-2-1-5-15(16)19(26)25-21(27)23-14-11-9-13(10-12-14)20-24-17-7-3-4-8-18(17)28-20/h1-12H,(H2,23,25,26,27). The highest BCUT2D eigenvalue weighted by Gasteiger charge is 2.12. The largest absolute Gasteiger partial charge is 0.332 e. The lowest BCUT2D eigenvalue weighted by atomic mass is 10.2. The summed E-state index contributed by atoms with van der Waals surface area (Å²) < 4.78 is 14.8. The second-order valence-electron chi connectivity index (χ2n) is 5.95. The predicted octanol–water partition coefficient (Wildman–Crippen LogP) is 5.23. The third-order valence-corrected chi connectivity index (χ3v) is 5.32. The third-order valence-electron chi connectivity index (χ3n) is 4.03. The number of rotatable bonds is 3. The van der Waals surface area contributed by atoms with Crippen LogP contribution in [0, 0.1) is 5.82 Å². The molecule has 1 heterocycles. The van der Waals surface area contributed by atoms with Gasteiger partial charge in [0.05, 0.1) is 15.8 Å². The summed E-state index contributed by atoms with van der Waals surface area (Å²) in [6.45, 7) is 0. The van der Waals surface area contributed by atoms with Crippen molar-refractivity contribution in [3.8, 4) is 10.6 Å². The molecule has 2 N–H and O–H groups in total. The number of aromatic nitrogens is 1. The zero-order valence-corrected chi connectivity index (χ0v) is 16.1. The van der Waals surface area contributed by atoms with Crippen LogP contribution in [0.25, 0.3) is 20.8 Å². The smallest absolute Gasteiger partial charge is 0.260 e. The summed E-state index contributed by atoms with van der Waals surface area (Å²) in [6, 6.07) is 21.3. The summed E-state index contributed by atoms with van der Waals surface area (Å²) in [5.41, 5.74) is 2.62. The fourth-order valence-electron chi connectivity index (χ4n) is 2.67. The second kappa shape index (κ2) is 7.84. The molecular weight excluding hydrogens is 393 g/mol. The molecule has 0 radical (unpaired) electrons. The van der Waals surface area contributed by atoms with Crippen molar-refractivity contribution in [3.63, 3.8) is 0 Å². The lowest BCUT2D eigenvalue weighted by Gasteiger charge is -2.10. The van der Waals surface area contributed by atoms with Gasteiger partial charge in [0.2, 0.25) is 0 Å². The van der Waals surface area contributed by atoms with Crippen LogP contribution in [-0.2, 0) is 0 Å². The molecule has 0 aliphatic carbocycles. The van der Waals surface area contributed by atoms with Crippen molar-refractivity contribution in [1.82, 2.24) is 10.3 Å². The third kappa shape index (κ3) is 3.90. The van der Waals surface area contributed by atoms with Crippen LogP contribution in [0.3, 0.4) is 0 Å². The van der Waals surface area contributed by atoms with Crippen LogP contribution < -0.4 is 10.6 Å². The predicted molar refractivity (Wildman–Crippen MR) is 115 cm³/mol. The van der Waals surface area contributed by atoms with Gasteiger partial charge in [0.25, 0.3) is 5.91 Å². The Hall–Kier alpha value is -3.16. The number of amides is 1. The van der Waals surface area contributed by atoms with Gasteiger partial charge in [0, 0.05) is 11.3 Å². The number of carbonyl (C=O) groups is 1. The van der Waals surface area contributed by atoms with Gasteiger partial charge in [-0.15, -0.1) is 11.3 Å². The van der Waals surface area contributed by atoms with Crippen molar-refractivity contribution in [2.45, 2.75) is 0 Å². The van der Waals surface area contributed by atoms with E-state index in [-0.39, 0.29) is 10.7 Å². The number of benzene rings is 3. The molecule has 4 nitrogen and oxygen atoms in total. The van der Waals surface area contributed by atoms with Gasteiger partial charge in [-0.25, -0.2) is 9.37 Å². The minimum Gasteiger partial charge on any atom is -0.332 e. The monoisotopic (exact) mass is 407 g/mol. The van der Waals surface area contributed by atoms with Crippen molar-refractivity contribution in [2.75, 3.05) is 5.32 Å². The highest BCUT2D eigenvalue weighted by atomic mass is 32.1. The van der Waals surface area contributed by atoms with Crippen LogP contribution in [0.15, 0.2) is 72.8 Å². The molecule has 0 bridgehead atoms. The average molecular weight is 407 g/mol. The molecule has 0 fully saturated rings. The van der Waals surface area contributed by atoms with Crippen LogP contribution in [0.1, 0.15) is 10.4 Å². The Morgan fingerprint density at radius 2 is 1.68 bits per heavy atom. The normalized spacial score (nSPS) is 10.6. The van der Waals surface area contributed by atoms with Gasteiger partial charge in [0.15, 0.2) is 5.11 Å². The Kier molecular flexibility index (Phi) is 5.10. The van der Waals surface area contributed by atoms with E-state index in [1.54, 1.807) is 17.4 Å². The maximum atomic E-state index is 13.7. The van der Waals surface area contributed by atoms with Gasteiger partial charge >= 0.3 is 0 Å². The van der Waals surface area contributed by atoms with Gasteiger partial charge in [0.1, 0.15) is 10.8 Å². The lowest BCUT2D eigenvalue weighted by Crippen LogP contribution is -2.34. The number of hydrogen-bond donors (Lipinski definition) is 2. The van der Waals surface area contributed by atoms with Crippen molar-refractivity contribution in [1.29, 1.82) is 0 Å². The Morgan fingerprint density at radius 1 is 0.964 bits per heavy atom. The maximum Gasteiger partial charge on any atom is 0.260 e. The molecule has 3 aromatic carbocycles. The molecule has 4 aromatic rings. The van der Waals surface area contributed by atoms with Crippen molar-refractivity contribution in [2.24, 2.45) is 0 Å². The zero-order chi connectivity index (χ0) is 19.5. The van der Waals surface area contributed by atoms with E-state index in [1.165, 1.54) is 18.2 Å². The molecule has 4 rings (SSSR count). The molecule has 0 unspecified atom stereocenters. The van der Waals surface area contributed by atoms with E-state index in [1.807, 2.05) is 48.5 Å². The minimum atomic E-state index is -0.596. The van der Waals surface area contributed by atoms with Crippen molar-refractivity contribution in [3.05, 3.63) is 84.2 Å². The van der Waals surface area contributed by atoms with Crippen LogP contribution in [0.4, 0.5) is 10.1 Å². The van der Waals surface area contributed by atoms with Gasteiger partial charge < -0.3 is 5.32 Å². The molecule has 1 amide bonds. The molecule has 138 valence electrons. The van der Waals surface area contributed by atoms with E-state index in [0.717, 1.165) is 20.8 Å². The van der Waals surface area contributed by atoms with Gasteiger partial charge in [-0.2, -0.15) is 0 Å². The molecule has 1 aromatic heterocycles. The number of thiocarbonyl (C=S) groups is 1. The summed E-state index contributed by atoms with van der Waals surface area (Å²) in [5.74, 6) is -1.19. The van der Waals surface area contributed by atoms with E-state index in [4.69, 9.17) is 12.2 Å². The van der Waals surface area contributed by atoms with Gasteiger partial charge in [-0.05, 0) is 60.7 Å². The van der Waals surface area contributed by atoms with E-state index < -0.39 is 11.7 Å². The molecule has 7 heteroatoms. The lowest BCUT2D eigenvalue weighted by molar-refractivity contribution is 0.0974. The first-order chi connectivity index (χ1) is 13.6. The number of para-hydroxylation sites is 1. The fourth-order valence-corrected chi connectivity index (χ4v) is 3.85. The maximum absolute atomic E-state index is 13.7. The Labute approximate surface area is 170 Å². The number of carbonyl (C=O) groups excluding carboxylic acids is 1. The molecule has 0 aliphatic heterocycles. The van der Waals surface area contributed by atoms with E-state index in [2.05, 4.69) is 15.6 Å². The Bertz CT molecular complexity index is 1140. The van der Waals surface area contributed by atoms with E-state index in [0.29, 0.717) is 5.69 Å². The highest BCUT2D eigenvalue weighted by molar-refractivity contribution is 7.80. The molecule has 0 aliphatic rings. The van der Waals surface area contributed by atoms with Gasteiger partial charge in [-0.1, -0.05) is 24.3 Å². The van der Waals surface area contributed by atoms with E-state index >= 15 is 0 Å². The number of hydrogen-bond acceptors (Lipinski definition) is 4. The number of nitrogens with one attached hydrogen (secondary N) is 2.